The van der Waals surface area contributed by atoms with E-state index in [4.69, 9.17) is 4.74 Å². The van der Waals surface area contributed by atoms with Crippen molar-refractivity contribution < 1.29 is 19.4 Å². The van der Waals surface area contributed by atoms with Gasteiger partial charge in [0.05, 0.1) is 25.1 Å². The van der Waals surface area contributed by atoms with Gasteiger partial charge in [0.2, 0.25) is 0 Å². The maximum absolute atomic E-state index is 13.1. The van der Waals surface area contributed by atoms with Crippen LogP contribution in [0.5, 0.6) is 5.75 Å². The summed E-state index contributed by atoms with van der Waals surface area (Å²) in [4.78, 5) is 31.7. The standard InChI is InChI=1S/C24H22BrN3O4/c1-32-19-8-3-6-17(14-19)22(29)20-21(16-5-2-7-18(25)13-16)28(24(31)23(20)30)11-4-10-27-12-9-26-15-27/h2-3,5-9,12-15,21,29H,4,10-11H2,1H3/t21-/m1/s1. The first-order valence-corrected chi connectivity index (χ1v) is 10.9. The Balaban J connectivity index is 1.75. The van der Waals surface area contributed by atoms with Crippen LogP contribution in [0, 0.1) is 0 Å². The van der Waals surface area contributed by atoms with Crippen molar-refractivity contribution in [3.8, 4) is 5.75 Å². The van der Waals surface area contributed by atoms with Crippen LogP contribution in [0.4, 0.5) is 0 Å². The smallest absolute Gasteiger partial charge is 0.295 e. The molecule has 0 spiro atoms. The van der Waals surface area contributed by atoms with Crippen molar-refractivity contribution in [2.45, 2.75) is 19.0 Å². The van der Waals surface area contributed by atoms with Gasteiger partial charge in [-0.05, 0) is 36.2 Å². The molecular weight excluding hydrogens is 474 g/mol. The highest BCUT2D eigenvalue weighted by Gasteiger charge is 2.45. The highest BCUT2D eigenvalue weighted by atomic mass is 79.9. The third-order valence-electron chi connectivity index (χ3n) is 5.42. The topological polar surface area (TPSA) is 84.7 Å². The van der Waals surface area contributed by atoms with Gasteiger partial charge < -0.3 is 19.3 Å². The Bertz CT molecular complexity index is 1170. The van der Waals surface area contributed by atoms with E-state index in [9.17, 15) is 14.7 Å². The van der Waals surface area contributed by atoms with E-state index in [1.807, 2.05) is 35.0 Å². The number of aryl methyl sites for hydroxylation is 1. The largest absolute Gasteiger partial charge is 0.507 e. The van der Waals surface area contributed by atoms with E-state index in [1.165, 1.54) is 12.0 Å². The molecule has 7 nitrogen and oxygen atoms in total. The van der Waals surface area contributed by atoms with Gasteiger partial charge in [0, 0.05) is 35.5 Å². The molecule has 1 atom stereocenters. The number of methoxy groups -OCH3 is 1. The highest BCUT2D eigenvalue weighted by molar-refractivity contribution is 9.10. The Labute approximate surface area is 194 Å². The number of hydrogen-bond acceptors (Lipinski definition) is 5. The van der Waals surface area contributed by atoms with Crippen LogP contribution in [0.1, 0.15) is 23.6 Å². The average molecular weight is 496 g/mol. The van der Waals surface area contributed by atoms with Crippen LogP contribution in [0.2, 0.25) is 0 Å². The number of nitrogens with zero attached hydrogens (tertiary/aromatic N) is 3. The number of benzene rings is 2. The lowest BCUT2D eigenvalue weighted by molar-refractivity contribution is -0.139. The summed E-state index contributed by atoms with van der Waals surface area (Å²) in [6.45, 7) is 1.01. The first kappa shape index (κ1) is 21.8. The Morgan fingerprint density at radius 1 is 1.16 bits per heavy atom. The molecule has 32 heavy (non-hydrogen) atoms. The number of aliphatic hydroxyl groups is 1. The molecule has 1 aromatic heterocycles. The zero-order valence-electron chi connectivity index (χ0n) is 17.4. The highest BCUT2D eigenvalue weighted by Crippen LogP contribution is 2.40. The van der Waals surface area contributed by atoms with E-state index in [-0.39, 0.29) is 11.3 Å². The molecule has 1 N–H and O–H groups in total. The summed E-state index contributed by atoms with van der Waals surface area (Å²) < 4.78 is 7.98. The first-order chi connectivity index (χ1) is 15.5. The fourth-order valence-electron chi connectivity index (χ4n) is 3.90. The molecule has 0 unspecified atom stereocenters. The van der Waals surface area contributed by atoms with E-state index in [0.29, 0.717) is 30.8 Å². The molecule has 0 radical (unpaired) electrons. The van der Waals surface area contributed by atoms with Crippen LogP contribution in [-0.2, 0) is 16.1 Å². The third kappa shape index (κ3) is 4.31. The maximum atomic E-state index is 13.1. The zero-order valence-corrected chi connectivity index (χ0v) is 19.0. The van der Waals surface area contributed by atoms with E-state index >= 15 is 0 Å². The number of aliphatic hydroxyl groups excluding tert-OH is 1. The fourth-order valence-corrected chi connectivity index (χ4v) is 4.32. The number of aromatic nitrogens is 2. The number of ether oxygens (including phenoxy) is 1. The number of carbonyl (C=O) groups excluding carboxylic acids is 2. The second kappa shape index (κ2) is 9.40. The van der Waals surface area contributed by atoms with Gasteiger partial charge in [0.1, 0.15) is 11.5 Å². The molecule has 4 rings (SSSR count). The van der Waals surface area contributed by atoms with Crippen LogP contribution in [0.3, 0.4) is 0 Å². The zero-order chi connectivity index (χ0) is 22.7. The lowest BCUT2D eigenvalue weighted by atomic mass is 9.95. The van der Waals surface area contributed by atoms with Gasteiger partial charge in [0.15, 0.2) is 0 Å². The summed E-state index contributed by atoms with van der Waals surface area (Å²) in [6, 6.07) is 13.5. The van der Waals surface area contributed by atoms with Crippen LogP contribution >= 0.6 is 15.9 Å². The molecule has 1 amide bonds. The molecule has 1 aliphatic heterocycles. The number of amides is 1. The van der Waals surface area contributed by atoms with Crippen LogP contribution in [-0.4, -0.2) is 44.9 Å². The molecule has 1 aliphatic rings. The van der Waals surface area contributed by atoms with Crippen molar-refractivity contribution in [1.29, 1.82) is 0 Å². The summed E-state index contributed by atoms with van der Waals surface area (Å²) in [5.74, 6) is -0.991. The normalized spacial score (nSPS) is 17.7. The summed E-state index contributed by atoms with van der Waals surface area (Å²) in [6.07, 6.45) is 5.89. The quantitative estimate of drug-likeness (QED) is 0.302. The predicted octanol–water partition coefficient (Wildman–Crippen LogP) is 4.17. The van der Waals surface area contributed by atoms with E-state index in [1.54, 1.807) is 36.8 Å². The summed E-state index contributed by atoms with van der Waals surface area (Å²) in [7, 11) is 1.53. The Hall–Kier alpha value is -3.39. The minimum atomic E-state index is -0.696. The summed E-state index contributed by atoms with van der Waals surface area (Å²) in [5.41, 5.74) is 1.23. The van der Waals surface area contributed by atoms with Gasteiger partial charge in [-0.25, -0.2) is 4.98 Å². The number of imidazole rings is 1. The molecule has 8 heteroatoms. The van der Waals surface area contributed by atoms with Crippen molar-refractivity contribution >= 4 is 33.4 Å². The molecule has 3 aromatic rings. The lowest BCUT2D eigenvalue weighted by Gasteiger charge is -2.25. The molecule has 2 heterocycles. The molecule has 0 bridgehead atoms. The summed E-state index contributed by atoms with van der Waals surface area (Å²) >= 11 is 3.47. The van der Waals surface area contributed by atoms with Gasteiger partial charge in [-0.15, -0.1) is 0 Å². The van der Waals surface area contributed by atoms with Gasteiger partial charge in [-0.2, -0.15) is 0 Å². The number of likely N-dealkylation sites (tertiary alicyclic amines) is 1. The average Bonchev–Trinajstić information content (AvgIpc) is 3.41. The van der Waals surface area contributed by atoms with Gasteiger partial charge >= 0.3 is 0 Å². The number of rotatable bonds is 7. The molecular formula is C24H22BrN3O4. The van der Waals surface area contributed by atoms with Crippen LogP contribution < -0.4 is 4.74 Å². The van der Waals surface area contributed by atoms with Crippen molar-refractivity contribution in [2.24, 2.45) is 0 Å². The van der Waals surface area contributed by atoms with Gasteiger partial charge in [0.25, 0.3) is 11.7 Å². The molecule has 1 fully saturated rings. The van der Waals surface area contributed by atoms with Crippen molar-refractivity contribution in [3.63, 3.8) is 0 Å². The van der Waals surface area contributed by atoms with Crippen molar-refractivity contribution in [3.05, 3.63) is 88.4 Å². The minimum Gasteiger partial charge on any atom is -0.507 e. The second-order valence-corrected chi connectivity index (χ2v) is 8.35. The number of halogens is 1. The summed E-state index contributed by atoms with van der Waals surface area (Å²) in [5, 5.41) is 11.1. The van der Waals surface area contributed by atoms with Gasteiger partial charge in [-0.3, -0.25) is 9.59 Å². The third-order valence-corrected chi connectivity index (χ3v) is 5.92. The number of hydrogen-bond donors (Lipinski definition) is 1. The molecule has 0 aliphatic carbocycles. The molecule has 164 valence electrons. The second-order valence-electron chi connectivity index (χ2n) is 7.43. The van der Waals surface area contributed by atoms with Gasteiger partial charge in [-0.1, -0.05) is 40.2 Å². The lowest BCUT2D eigenvalue weighted by Crippen LogP contribution is -2.31. The van der Waals surface area contributed by atoms with Crippen molar-refractivity contribution in [1.82, 2.24) is 14.5 Å². The minimum absolute atomic E-state index is 0.0731. The number of ketones is 1. The van der Waals surface area contributed by atoms with E-state index in [0.717, 1.165) is 10.0 Å². The molecule has 0 saturated carbocycles. The van der Waals surface area contributed by atoms with Crippen molar-refractivity contribution in [2.75, 3.05) is 13.7 Å². The maximum Gasteiger partial charge on any atom is 0.295 e. The van der Waals surface area contributed by atoms with Crippen LogP contribution in [0.15, 0.2) is 77.3 Å². The number of Topliss-reactive ketones (excluding diaryl/α,β-unsaturated/α-hetero) is 1. The SMILES string of the molecule is COc1cccc(C(O)=C2C(=O)C(=O)N(CCCn3ccnc3)[C@@H]2c2cccc(Br)c2)c1. The fraction of sp³-hybridized carbons (Fsp3) is 0.208. The van der Waals surface area contributed by atoms with Crippen LogP contribution in [0.25, 0.3) is 5.76 Å². The Kier molecular flexibility index (Phi) is 6.41. The predicted molar refractivity (Wildman–Crippen MR) is 123 cm³/mol. The molecule has 1 saturated heterocycles. The Morgan fingerprint density at radius 2 is 1.97 bits per heavy atom. The first-order valence-electron chi connectivity index (χ1n) is 10.1. The Morgan fingerprint density at radius 3 is 2.69 bits per heavy atom. The number of carbonyl (C=O) groups is 2. The van der Waals surface area contributed by atoms with E-state index < -0.39 is 17.7 Å². The molecule has 2 aromatic carbocycles. The van der Waals surface area contributed by atoms with E-state index in [2.05, 4.69) is 20.9 Å². The monoisotopic (exact) mass is 495 g/mol.